The van der Waals surface area contributed by atoms with Crippen molar-refractivity contribution in [3.8, 4) is 0 Å². The van der Waals surface area contributed by atoms with E-state index in [1.807, 2.05) is 0 Å². The van der Waals surface area contributed by atoms with Crippen LogP contribution in [-0.4, -0.2) is 22.9 Å². The molecule has 1 aliphatic carbocycles. The molecule has 1 saturated carbocycles. The lowest BCUT2D eigenvalue weighted by Gasteiger charge is -2.24. The van der Waals surface area contributed by atoms with Crippen LogP contribution < -0.4 is 5.43 Å². The number of rotatable bonds is 3. The average Bonchev–Trinajstić information content (AvgIpc) is 3.04. The molecule has 1 N–H and O–H groups in total. The number of ether oxygens (including phenoxy) is 1. The first kappa shape index (κ1) is 12.1. The van der Waals surface area contributed by atoms with E-state index in [4.69, 9.17) is 4.74 Å². The third-order valence-corrected chi connectivity index (χ3v) is 4.60. The summed E-state index contributed by atoms with van der Waals surface area (Å²) < 4.78 is 8.48. The number of nitrogens with one attached hydrogen (secondary N) is 1. The molecule has 1 unspecified atom stereocenters. The topological polar surface area (TPSA) is 26.2 Å². The van der Waals surface area contributed by atoms with Crippen LogP contribution in [0, 0.1) is 13.8 Å². The summed E-state index contributed by atoms with van der Waals surface area (Å²) in [5.74, 6) is 0. The molecule has 0 radical (unpaired) electrons. The molecule has 2 fully saturated rings. The van der Waals surface area contributed by atoms with Crippen LogP contribution in [0.4, 0.5) is 0 Å². The fourth-order valence-electron chi connectivity index (χ4n) is 3.54. The van der Waals surface area contributed by atoms with E-state index < -0.39 is 0 Å². The first-order chi connectivity index (χ1) is 8.69. The number of aryl methyl sites for hydroxylation is 2. The molecule has 18 heavy (non-hydrogen) atoms. The standard InChI is InChI=1S/C15H24N2O/c1-12-5-6-13(2)17(12)16-11-14-7-10-15(18-14)8-3-4-9-15/h5-6,14,16H,3-4,7-11H2,1-2H3. The molecule has 2 aliphatic rings. The molecule has 0 aromatic carbocycles. The van der Waals surface area contributed by atoms with Gasteiger partial charge in [-0.25, -0.2) is 0 Å². The SMILES string of the molecule is Cc1ccc(C)n1NCC1CCC2(CCCC2)O1. The molecule has 1 aliphatic heterocycles. The van der Waals surface area contributed by atoms with Gasteiger partial charge in [0, 0.05) is 11.4 Å². The summed E-state index contributed by atoms with van der Waals surface area (Å²) >= 11 is 0. The second-order valence-electron chi connectivity index (χ2n) is 5.98. The van der Waals surface area contributed by atoms with E-state index in [2.05, 4.69) is 36.1 Å². The summed E-state index contributed by atoms with van der Waals surface area (Å²) in [6.07, 6.45) is 8.15. The van der Waals surface area contributed by atoms with Crippen LogP contribution >= 0.6 is 0 Å². The Labute approximate surface area is 109 Å². The van der Waals surface area contributed by atoms with Gasteiger partial charge in [-0.15, -0.1) is 0 Å². The van der Waals surface area contributed by atoms with Crippen molar-refractivity contribution >= 4 is 0 Å². The normalized spacial score (nSPS) is 26.0. The van der Waals surface area contributed by atoms with Gasteiger partial charge in [0.05, 0.1) is 18.2 Å². The molecule has 1 atom stereocenters. The van der Waals surface area contributed by atoms with Crippen LogP contribution in [-0.2, 0) is 4.74 Å². The Balaban J connectivity index is 1.56. The van der Waals surface area contributed by atoms with Gasteiger partial charge in [0.2, 0.25) is 0 Å². The molecule has 2 heterocycles. The average molecular weight is 248 g/mol. The van der Waals surface area contributed by atoms with Gasteiger partial charge in [-0.1, -0.05) is 12.8 Å². The Hall–Kier alpha value is -0.960. The van der Waals surface area contributed by atoms with Crippen molar-refractivity contribution < 1.29 is 4.74 Å². The maximum absolute atomic E-state index is 6.31. The molecule has 3 heteroatoms. The quantitative estimate of drug-likeness (QED) is 0.889. The maximum Gasteiger partial charge on any atom is 0.0772 e. The molecule has 1 aromatic heterocycles. The highest BCUT2D eigenvalue weighted by atomic mass is 16.5. The fourth-order valence-corrected chi connectivity index (χ4v) is 3.54. The second kappa shape index (κ2) is 4.61. The van der Waals surface area contributed by atoms with Crippen LogP contribution in [0.3, 0.4) is 0 Å². The monoisotopic (exact) mass is 248 g/mol. The van der Waals surface area contributed by atoms with E-state index in [9.17, 15) is 0 Å². The minimum Gasteiger partial charge on any atom is -0.370 e. The molecule has 3 nitrogen and oxygen atoms in total. The lowest BCUT2D eigenvalue weighted by atomic mass is 9.98. The molecule has 1 aromatic rings. The highest BCUT2D eigenvalue weighted by Crippen LogP contribution is 2.43. The van der Waals surface area contributed by atoms with E-state index >= 15 is 0 Å². The van der Waals surface area contributed by atoms with Gasteiger partial charge in [-0.2, -0.15) is 0 Å². The van der Waals surface area contributed by atoms with Crippen LogP contribution in [0.15, 0.2) is 12.1 Å². The molecule has 3 rings (SSSR count). The van der Waals surface area contributed by atoms with Crippen LogP contribution in [0.1, 0.15) is 49.9 Å². The predicted molar refractivity (Wildman–Crippen MR) is 73.4 cm³/mol. The minimum absolute atomic E-state index is 0.257. The van der Waals surface area contributed by atoms with Crippen molar-refractivity contribution in [2.75, 3.05) is 12.0 Å². The first-order valence-electron chi connectivity index (χ1n) is 7.25. The summed E-state index contributed by atoms with van der Waals surface area (Å²) in [5, 5.41) is 0. The van der Waals surface area contributed by atoms with Gasteiger partial charge in [-0.05, 0) is 51.7 Å². The van der Waals surface area contributed by atoms with Gasteiger partial charge in [0.15, 0.2) is 0 Å². The molecule has 0 bridgehead atoms. The van der Waals surface area contributed by atoms with E-state index in [0.29, 0.717) is 6.10 Å². The first-order valence-corrected chi connectivity index (χ1v) is 7.25. The van der Waals surface area contributed by atoms with Gasteiger partial charge in [0.25, 0.3) is 0 Å². The van der Waals surface area contributed by atoms with Crippen LogP contribution in [0.2, 0.25) is 0 Å². The number of hydrogen-bond acceptors (Lipinski definition) is 2. The summed E-state index contributed by atoms with van der Waals surface area (Å²) in [6, 6.07) is 4.30. The Kier molecular flexibility index (Phi) is 3.10. The van der Waals surface area contributed by atoms with Crippen molar-refractivity contribution in [1.82, 2.24) is 4.68 Å². The summed E-state index contributed by atoms with van der Waals surface area (Å²) in [5.41, 5.74) is 6.29. The fraction of sp³-hybridized carbons (Fsp3) is 0.733. The Morgan fingerprint density at radius 2 is 1.89 bits per heavy atom. The number of aromatic nitrogens is 1. The minimum atomic E-state index is 0.257. The van der Waals surface area contributed by atoms with Crippen molar-refractivity contribution in [2.24, 2.45) is 0 Å². The molecular weight excluding hydrogens is 224 g/mol. The van der Waals surface area contributed by atoms with Crippen LogP contribution in [0.5, 0.6) is 0 Å². The van der Waals surface area contributed by atoms with E-state index in [0.717, 1.165) is 6.54 Å². The highest BCUT2D eigenvalue weighted by molar-refractivity contribution is 5.15. The van der Waals surface area contributed by atoms with Gasteiger partial charge >= 0.3 is 0 Å². The molecule has 1 saturated heterocycles. The summed E-state index contributed by atoms with van der Waals surface area (Å²) in [6.45, 7) is 5.19. The summed E-state index contributed by atoms with van der Waals surface area (Å²) in [7, 11) is 0. The highest BCUT2D eigenvalue weighted by Gasteiger charge is 2.41. The zero-order chi connectivity index (χ0) is 12.6. The molecule has 0 amide bonds. The summed E-state index contributed by atoms with van der Waals surface area (Å²) in [4.78, 5) is 0. The Morgan fingerprint density at radius 1 is 1.22 bits per heavy atom. The maximum atomic E-state index is 6.31. The largest absolute Gasteiger partial charge is 0.370 e. The second-order valence-corrected chi connectivity index (χ2v) is 5.98. The zero-order valence-corrected chi connectivity index (χ0v) is 11.5. The number of hydrogen-bond donors (Lipinski definition) is 1. The van der Waals surface area contributed by atoms with Gasteiger partial charge in [0.1, 0.15) is 0 Å². The van der Waals surface area contributed by atoms with Crippen LogP contribution in [0.25, 0.3) is 0 Å². The third kappa shape index (κ3) is 2.16. The molecule has 100 valence electrons. The molecular formula is C15H24N2O. The smallest absolute Gasteiger partial charge is 0.0772 e. The zero-order valence-electron chi connectivity index (χ0n) is 11.5. The molecule has 1 spiro atoms. The predicted octanol–water partition coefficient (Wildman–Crippen LogP) is 3.14. The third-order valence-electron chi connectivity index (χ3n) is 4.60. The van der Waals surface area contributed by atoms with Crippen molar-refractivity contribution in [1.29, 1.82) is 0 Å². The van der Waals surface area contributed by atoms with Gasteiger partial charge in [-0.3, -0.25) is 4.68 Å². The Bertz CT molecular complexity index is 399. The van der Waals surface area contributed by atoms with Crippen molar-refractivity contribution in [2.45, 2.75) is 64.1 Å². The van der Waals surface area contributed by atoms with Gasteiger partial charge < -0.3 is 10.2 Å². The van der Waals surface area contributed by atoms with E-state index in [1.54, 1.807) is 0 Å². The van der Waals surface area contributed by atoms with E-state index in [-0.39, 0.29) is 5.60 Å². The van der Waals surface area contributed by atoms with Crippen molar-refractivity contribution in [3.63, 3.8) is 0 Å². The lowest BCUT2D eigenvalue weighted by molar-refractivity contribution is -0.0315. The lowest BCUT2D eigenvalue weighted by Crippen LogP contribution is -2.31. The Morgan fingerprint density at radius 3 is 2.56 bits per heavy atom. The number of nitrogens with zero attached hydrogens (tertiary/aromatic N) is 1. The van der Waals surface area contributed by atoms with E-state index in [1.165, 1.54) is 49.9 Å². The van der Waals surface area contributed by atoms with Crippen molar-refractivity contribution in [3.05, 3.63) is 23.5 Å².